The first kappa shape index (κ1) is 12.0. The molecule has 0 aliphatic heterocycles. The fourth-order valence-corrected chi connectivity index (χ4v) is 0.214. The van der Waals surface area contributed by atoms with Gasteiger partial charge in [-0.2, -0.15) is 0 Å². The minimum absolute atomic E-state index is 0. The first-order valence-electron chi connectivity index (χ1n) is 2.06. The van der Waals surface area contributed by atoms with Crippen LogP contribution in [0.5, 0.6) is 0 Å². The van der Waals surface area contributed by atoms with Gasteiger partial charge in [0.25, 0.3) is 0 Å². The van der Waals surface area contributed by atoms with Crippen LogP contribution in [0.3, 0.4) is 0 Å². The van der Waals surface area contributed by atoms with E-state index in [0.717, 1.165) is 0 Å². The van der Waals surface area contributed by atoms with E-state index in [0.29, 0.717) is 0 Å². The minimum Gasteiger partial charge on any atom is -0.481 e. The van der Waals surface area contributed by atoms with E-state index in [4.69, 9.17) is 10.2 Å². The van der Waals surface area contributed by atoms with Crippen molar-refractivity contribution in [3.63, 3.8) is 0 Å². The summed E-state index contributed by atoms with van der Waals surface area (Å²) in [5, 5.41) is 15.8. The molecule has 0 fully saturated rings. The summed E-state index contributed by atoms with van der Waals surface area (Å²) < 4.78 is 0. The molecule has 9 heavy (non-hydrogen) atoms. The molecule has 0 aromatic carbocycles. The fourth-order valence-electron chi connectivity index (χ4n) is 0.214. The zero-order chi connectivity index (χ0) is 6.57. The summed E-state index contributed by atoms with van der Waals surface area (Å²) in [7, 11) is 0. The molecule has 0 radical (unpaired) electrons. The van der Waals surface area contributed by atoms with Gasteiger partial charge >= 0.3 is 11.9 Å². The molecule has 0 bridgehead atoms. The van der Waals surface area contributed by atoms with Crippen LogP contribution in [0.4, 0.5) is 0 Å². The average molecular weight is 350 g/mol. The van der Waals surface area contributed by atoms with Crippen LogP contribution in [-0.2, 0) is 9.59 Å². The third-order valence-electron chi connectivity index (χ3n) is 0.553. The van der Waals surface area contributed by atoms with Crippen LogP contribution in [0.1, 0.15) is 12.8 Å². The average Bonchev–Trinajstić information content (AvgIpc) is 1.61. The maximum absolute atomic E-state index is 9.64. The maximum atomic E-state index is 9.64. The number of rotatable bonds is 3. The molecule has 0 spiro atoms. The van der Waals surface area contributed by atoms with Crippen LogP contribution in [0.15, 0.2) is 0 Å². The molecule has 0 rings (SSSR count). The topological polar surface area (TPSA) is 74.6 Å². The Morgan fingerprint density at radius 1 is 1.00 bits per heavy atom. The van der Waals surface area contributed by atoms with Gasteiger partial charge in [-0.3, -0.25) is 9.59 Å². The van der Waals surface area contributed by atoms with E-state index in [-0.39, 0.29) is 52.8 Å². The van der Waals surface area contributed by atoms with Crippen molar-refractivity contribution in [1.29, 1.82) is 0 Å². The summed E-state index contributed by atoms with van der Waals surface area (Å²) in [6, 6.07) is 0. The standard InChI is InChI=1S/C4H6O4.Th/c5-3(6)1-2-4(7)8;/h1-2H2,(H,5,6)(H,7,8);. The number of hydrogen-bond acceptors (Lipinski definition) is 2. The maximum Gasteiger partial charge on any atom is 0.303 e. The van der Waals surface area contributed by atoms with Crippen LogP contribution in [0.25, 0.3) is 0 Å². The molecule has 0 aromatic rings. The summed E-state index contributed by atoms with van der Waals surface area (Å²) in [5.41, 5.74) is 0. The molecule has 5 heteroatoms. The number of aliphatic carboxylic acids is 2. The van der Waals surface area contributed by atoms with Crippen molar-refractivity contribution in [3.05, 3.63) is 0 Å². The smallest absolute Gasteiger partial charge is 0.303 e. The van der Waals surface area contributed by atoms with Gasteiger partial charge in [-0.15, -0.1) is 0 Å². The van der Waals surface area contributed by atoms with Crippen LogP contribution in [-0.4, -0.2) is 22.2 Å². The summed E-state index contributed by atoms with van der Waals surface area (Å²) in [5.74, 6) is -2.15. The van der Waals surface area contributed by atoms with E-state index >= 15 is 0 Å². The van der Waals surface area contributed by atoms with Crippen molar-refractivity contribution in [1.82, 2.24) is 0 Å². The normalized spacial score (nSPS) is 7.56. The molecular formula is C4H6O4Th. The molecular weight excluding hydrogens is 344 g/mol. The number of carboxylic acid groups (broad SMARTS) is 2. The van der Waals surface area contributed by atoms with Crippen LogP contribution in [0.2, 0.25) is 0 Å². The second kappa shape index (κ2) is 6.39. The van der Waals surface area contributed by atoms with E-state index in [9.17, 15) is 9.59 Å². The summed E-state index contributed by atoms with van der Waals surface area (Å²) >= 11 is 0. The minimum atomic E-state index is -1.08. The zero-order valence-electron chi connectivity index (χ0n) is 4.63. The van der Waals surface area contributed by atoms with Crippen molar-refractivity contribution in [2.45, 2.75) is 12.8 Å². The quantitative estimate of drug-likeness (QED) is 0.748. The molecule has 0 amide bonds. The van der Waals surface area contributed by atoms with Crippen molar-refractivity contribution in [2.24, 2.45) is 0 Å². The van der Waals surface area contributed by atoms with Crippen LogP contribution >= 0.6 is 0 Å². The molecule has 0 atom stereocenters. The Kier molecular flexibility index (Phi) is 8.51. The van der Waals surface area contributed by atoms with Gasteiger partial charge in [0, 0.05) is 39.9 Å². The monoisotopic (exact) mass is 350 g/mol. The third kappa shape index (κ3) is 11.7. The van der Waals surface area contributed by atoms with E-state index in [1.54, 1.807) is 0 Å². The SMILES string of the molecule is O=C(O)CCC(=O)O.[Th]. The van der Waals surface area contributed by atoms with E-state index < -0.39 is 11.9 Å². The summed E-state index contributed by atoms with van der Waals surface area (Å²) in [6.07, 6.45) is -0.593. The summed E-state index contributed by atoms with van der Waals surface area (Å²) in [6.45, 7) is 0. The van der Waals surface area contributed by atoms with Crippen molar-refractivity contribution < 1.29 is 59.7 Å². The van der Waals surface area contributed by atoms with Crippen molar-refractivity contribution in [2.75, 3.05) is 0 Å². The van der Waals surface area contributed by atoms with Crippen molar-refractivity contribution in [3.8, 4) is 0 Å². The van der Waals surface area contributed by atoms with Gasteiger partial charge in [-0.05, 0) is 0 Å². The molecule has 0 saturated heterocycles. The molecule has 0 aliphatic carbocycles. The first-order valence-corrected chi connectivity index (χ1v) is 2.06. The Morgan fingerprint density at radius 2 is 1.22 bits per heavy atom. The number of hydrogen-bond donors (Lipinski definition) is 2. The molecule has 0 aliphatic rings. The predicted molar refractivity (Wildman–Crippen MR) is 24.5 cm³/mol. The second-order valence-corrected chi connectivity index (χ2v) is 1.29. The predicted octanol–water partition coefficient (Wildman–Crippen LogP) is -0.0642. The molecule has 0 aromatic heterocycles. The van der Waals surface area contributed by atoms with Gasteiger partial charge in [0.1, 0.15) is 0 Å². The Balaban J connectivity index is 0. The molecule has 4 nitrogen and oxygen atoms in total. The molecule has 50 valence electrons. The van der Waals surface area contributed by atoms with Gasteiger partial charge in [-0.1, -0.05) is 0 Å². The third-order valence-corrected chi connectivity index (χ3v) is 0.553. The Bertz CT molecular complexity index is 97.1. The van der Waals surface area contributed by atoms with E-state index in [1.807, 2.05) is 0 Å². The molecule has 0 heterocycles. The van der Waals surface area contributed by atoms with Crippen LogP contribution in [0, 0.1) is 39.9 Å². The van der Waals surface area contributed by atoms with E-state index in [1.165, 1.54) is 0 Å². The van der Waals surface area contributed by atoms with Crippen LogP contribution < -0.4 is 0 Å². The largest absolute Gasteiger partial charge is 0.481 e. The number of carboxylic acids is 2. The Hall–Kier alpha value is 0.265. The van der Waals surface area contributed by atoms with Gasteiger partial charge in [-0.25, -0.2) is 0 Å². The van der Waals surface area contributed by atoms with Gasteiger partial charge in [0.2, 0.25) is 0 Å². The van der Waals surface area contributed by atoms with Gasteiger partial charge < -0.3 is 10.2 Å². The fraction of sp³-hybridized carbons (Fsp3) is 0.500. The molecule has 0 saturated carbocycles. The zero-order valence-corrected chi connectivity index (χ0v) is 8.73. The van der Waals surface area contributed by atoms with Gasteiger partial charge in [0.15, 0.2) is 0 Å². The van der Waals surface area contributed by atoms with Crippen molar-refractivity contribution >= 4 is 11.9 Å². The first-order chi connectivity index (χ1) is 3.63. The van der Waals surface area contributed by atoms with Gasteiger partial charge in [0.05, 0.1) is 12.8 Å². The Labute approximate surface area is 83.9 Å². The molecule has 0 unspecified atom stereocenters. The summed E-state index contributed by atoms with van der Waals surface area (Å²) in [4.78, 5) is 19.3. The number of carbonyl (C=O) groups is 2. The second-order valence-electron chi connectivity index (χ2n) is 1.29. The van der Waals surface area contributed by atoms with E-state index in [2.05, 4.69) is 0 Å². The molecule has 2 N–H and O–H groups in total. The Morgan fingerprint density at radius 3 is 1.33 bits per heavy atom.